The van der Waals surface area contributed by atoms with Gasteiger partial charge in [0.2, 0.25) is 0 Å². The molecule has 1 aliphatic carbocycles. The topological polar surface area (TPSA) is 9.23 Å². The fraction of sp³-hybridized carbons (Fsp3) is 0.0323. The van der Waals surface area contributed by atoms with Crippen LogP contribution in [0.15, 0.2) is 120 Å². The Bertz CT molecular complexity index is 1510. The summed E-state index contributed by atoms with van der Waals surface area (Å²) in [6.07, 6.45) is 0. The molecule has 0 radical (unpaired) electrons. The average Bonchev–Trinajstić information content (AvgIpc) is 3.16. The lowest BCUT2D eigenvalue weighted by molar-refractivity contribution is 0.436. The third-order valence-electron chi connectivity index (χ3n) is 7.00. The lowest BCUT2D eigenvalue weighted by atomic mass is 9.66. The summed E-state index contributed by atoms with van der Waals surface area (Å²) in [4.78, 5) is 0. The van der Waals surface area contributed by atoms with Crippen molar-refractivity contribution in [2.24, 2.45) is 0 Å². The number of para-hydroxylation sites is 2. The van der Waals surface area contributed by atoms with E-state index in [9.17, 15) is 0 Å². The van der Waals surface area contributed by atoms with Gasteiger partial charge in [-0.1, -0.05) is 107 Å². The first kappa shape index (κ1) is 18.9. The van der Waals surface area contributed by atoms with Crippen LogP contribution in [0.5, 0.6) is 11.5 Å². The highest BCUT2D eigenvalue weighted by Crippen LogP contribution is 2.63. The van der Waals surface area contributed by atoms with Crippen molar-refractivity contribution in [2.45, 2.75) is 5.41 Å². The zero-order valence-corrected chi connectivity index (χ0v) is 19.3. The van der Waals surface area contributed by atoms with Crippen LogP contribution in [0.25, 0.3) is 22.3 Å². The van der Waals surface area contributed by atoms with E-state index < -0.39 is 5.41 Å². The largest absolute Gasteiger partial charge is 0.457 e. The van der Waals surface area contributed by atoms with Gasteiger partial charge in [-0.3, -0.25) is 0 Å². The Labute approximate surface area is 201 Å². The second-order valence-corrected chi connectivity index (χ2v) is 9.49. The van der Waals surface area contributed by atoms with Gasteiger partial charge in [0, 0.05) is 21.2 Å². The van der Waals surface area contributed by atoms with E-state index >= 15 is 0 Å². The standard InChI is InChI=1S/C31H19BrO/c32-27-19-21(20-10-2-1-3-11-20)18-26-30(27)22-12-4-5-13-23(22)31(26)24-14-6-8-16-28(24)33-29-17-9-7-15-25(29)31/h1-19H. The molecule has 0 unspecified atom stereocenters. The van der Waals surface area contributed by atoms with Crippen LogP contribution >= 0.6 is 15.9 Å². The normalized spacial score (nSPS) is 14.1. The minimum atomic E-state index is -0.440. The number of ether oxygens (including phenoxy) is 1. The molecule has 1 aliphatic heterocycles. The summed E-state index contributed by atoms with van der Waals surface area (Å²) in [6.45, 7) is 0. The molecular weight excluding hydrogens is 468 g/mol. The Hall–Kier alpha value is -3.62. The van der Waals surface area contributed by atoms with Gasteiger partial charge in [-0.05, 0) is 52.1 Å². The van der Waals surface area contributed by atoms with E-state index in [-0.39, 0.29) is 0 Å². The maximum Gasteiger partial charge on any atom is 0.132 e. The molecule has 5 aromatic carbocycles. The van der Waals surface area contributed by atoms with Gasteiger partial charge in [0.05, 0.1) is 5.41 Å². The molecule has 0 saturated carbocycles. The maximum absolute atomic E-state index is 6.43. The van der Waals surface area contributed by atoms with Gasteiger partial charge in [0.15, 0.2) is 0 Å². The van der Waals surface area contributed by atoms with E-state index in [2.05, 4.69) is 131 Å². The molecule has 5 aromatic rings. The summed E-state index contributed by atoms with van der Waals surface area (Å²) >= 11 is 3.96. The average molecular weight is 487 g/mol. The van der Waals surface area contributed by atoms with Gasteiger partial charge >= 0.3 is 0 Å². The quantitative estimate of drug-likeness (QED) is 0.225. The molecule has 0 amide bonds. The fourth-order valence-corrected chi connectivity index (χ4v) is 6.40. The fourth-order valence-electron chi connectivity index (χ4n) is 5.72. The van der Waals surface area contributed by atoms with Crippen molar-refractivity contribution in [3.05, 3.63) is 142 Å². The van der Waals surface area contributed by atoms with E-state index in [4.69, 9.17) is 4.74 Å². The van der Waals surface area contributed by atoms with Crippen LogP contribution in [0.3, 0.4) is 0 Å². The van der Waals surface area contributed by atoms with E-state index in [0.717, 1.165) is 16.0 Å². The molecule has 7 rings (SSSR count). The van der Waals surface area contributed by atoms with Gasteiger partial charge in [0.1, 0.15) is 11.5 Å². The Morgan fingerprint density at radius 3 is 1.79 bits per heavy atom. The third kappa shape index (κ3) is 2.47. The molecule has 1 spiro atoms. The molecule has 0 fully saturated rings. The number of hydrogen-bond donors (Lipinski definition) is 0. The Kier molecular flexibility index (Phi) is 3.97. The number of rotatable bonds is 1. The summed E-state index contributed by atoms with van der Waals surface area (Å²) in [5.41, 5.74) is 9.47. The first-order valence-corrected chi connectivity index (χ1v) is 11.9. The molecule has 0 atom stereocenters. The highest BCUT2D eigenvalue weighted by Gasteiger charge is 2.51. The SMILES string of the molecule is Brc1cc(-c2ccccc2)cc2c1-c1ccccc1C21c2ccccc2Oc2ccccc21. The maximum atomic E-state index is 6.43. The Balaban J connectivity index is 1.67. The predicted octanol–water partition coefficient (Wildman–Crippen LogP) is 8.58. The van der Waals surface area contributed by atoms with Crippen molar-refractivity contribution in [3.63, 3.8) is 0 Å². The molecule has 0 saturated heterocycles. The van der Waals surface area contributed by atoms with Gasteiger partial charge in [0.25, 0.3) is 0 Å². The van der Waals surface area contributed by atoms with Crippen LogP contribution < -0.4 is 4.74 Å². The zero-order chi connectivity index (χ0) is 22.0. The molecule has 0 aromatic heterocycles. The van der Waals surface area contributed by atoms with Crippen LogP contribution in [0, 0.1) is 0 Å². The first-order chi connectivity index (χ1) is 16.3. The summed E-state index contributed by atoms with van der Waals surface area (Å²) in [5, 5.41) is 0. The molecule has 2 aliphatic rings. The van der Waals surface area contributed by atoms with Crippen molar-refractivity contribution in [3.8, 4) is 33.8 Å². The Morgan fingerprint density at radius 2 is 1.09 bits per heavy atom. The van der Waals surface area contributed by atoms with Gasteiger partial charge in [-0.2, -0.15) is 0 Å². The second kappa shape index (κ2) is 6.94. The van der Waals surface area contributed by atoms with Crippen LogP contribution in [0.1, 0.15) is 22.3 Å². The highest BCUT2D eigenvalue weighted by molar-refractivity contribution is 9.10. The van der Waals surface area contributed by atoms with Crippen molar-refractivity contribution in [1.82, 2.24) is 0 Å². The predicted molar refractivity (Wildman–Crippen MR) is 137 cm³/mol. The van der Waals surface area contributed by atoms with Crippen molar-refractivity contribution in [2.75, 3.05) is 0 Å². The molecule has 33 heavy (non-hydrogen) atoms. The van der Waals surface area contributed by atoms with Crippen LogP contribution in [0.4, 0.5) is 0 Å². The second-order valence-electron chi connectivity index (χ2n) is 8.64. The highest BCUT2D eigenvalue weighted by atomic mass is 79.9. The summed E-state index contributed by atoms with van der Waals surface area (Å²) in [7, 11) is 0. The smallest absolute Gasteiger partial charge is 0.132 e. The molecule has 1 nitrogen and oxygen atoms in total. The molecule has 2 heteroatoms. The van der Waals surface area contributed by atoms with Gasteiger partial charge in [-0.25, -0.2) is 0 Å². The lowest BCUT2D eigenvalue weighted by Crippen LogP contribution is -2.32. The van der Waals surface area contributed by atoms with Gasteiger partial charge < -0.3 is 4.74 Å². The number of fused-ring (bicyclic) bond motifs is 9. The summed E-state index contributed by atoms with van der Waals surface area (Å²) in [6, 6.07) is 41.0. The number of hydrogen-bond acceptors (Lipinski definition) is 1. The third-order valence-corrected chi connectivity index (χ3v) is 7.63. The van der Waals surface area contributed by atoms with E-state index in [1.165, 1.54) is 44.5 Å². The molecule has 156 valence electrons. The molecule has 0 N–H and O–H groups in total. The minimum absolute atomic E-state index is 0.440. The van der Waals surface area contributed by atoms with Crippen LogP contribution in [0.2, 0.25) is 0 Å². The monoisotopic (exact) mass is 486 g/mol. The van der Waals surface area contributed by atoms with Crippen molar-refractivity contribution < 1.29 is 4.74 Å². The van der Waals surface area contributed by atoms with Crippen LogP contribution in [-0.2, 0) is 5.41 Å². The minimum Gasteiger partial charge on any atom is -0.457 e. The van der Waals surface area contributed by atoms with Crippen molar-refractivity contribution >= 4 is 15.9 Å². The van der Waals surface area contributed by atoms with E-state index in [0.29, 0.717) is 0 Å². The summed E-state index contributed by atoms with van der Waals surface area (Å²) < 4.78 is 7.54. The number of benzene rings is 5. The zero-order valence-electron chi connectivity index (χ0n) is 17.8. The first-order valence-electron chi connectivity index (χ1n) is 11.1. The molecule has 0 bridgehead atoms. The van der Waals surface area contributed by atoms with E-state index in [1.807, 2.05) is 0 Å². The van der Waals surface area contributed by atoms with Crippen LogP contribution in [-0.4, -0.2) is 0 Å². The van der Waals surface area contributed by atoms with E-state index in [1.54, 1.807) is 0 Å². The Morgan fingerprint density at radius 1 is 0.515 bits per heavy atom. The van der Waals surface area contributed by atoms with Crippen molar-refractivity contribution in [1.29, 1.82) is 0 Å². The molecule has 1 heterocycles. The number of halogens is 1. The lowest BCUT2D eigenvalue weighted by Gasteiger charge is -2.39. The summed E-state index contributed by atoms with van der Waals surface area (Å²) in [5.74, 6) is 1.83. The van der Waals surface area contributed by atoms with Gasteiger partial charge in [-0.15, -0.1) is 0 Å². The molecular formula is C31H19BrO.